The summed E-state index contributed by atoms with van der Waals surface area (Å²) in [5.74, 6) is 1.66. The number of nitrogens with zero attached hydrogens (tertiary/aromatic N) is 8. The highest BCUT2D eigenvalue weighted by Gasteiger charge is 2.28. The van der Waals surface area contributed by atoms with E-state index in [1.807, 2.05) is 17.8 Å². The molecule has 3 aromatic rings. The highest BCUT2D eigenvalue weighted by atomic mass is 15.4. The molecule has 1 fully saturated rings. The third-order valence-electron chi connectivity index (χ3n) is 4.44. The molecule has 3 aromatic heterocycles. The minimum absolute atomic E-state index is 0.253. The minimum Gasteiger partial charge on any atom is -0.354 e. The molecule has 8 heteroatoms. The molecule has 23 heavy (non-hydrogen) atoms. The maximum Gasteiger partial charge on any atom is 0.254 e. The van der Waals surface area contributed by atoms with Crippen LogP contribution in [0.25, 0.3) is 5.78 Å². The van der Waals surface area contributed by atoms with Gasteiger partial charge in [0.05, 0.1) is 17.8 Å². The van der Waals surface area contributed by atoms with Crippen LogP contribution in [-0.2, 0) is 0 Å². The fourth-order valence-electron chi connectivity index (χ4n) is 3.13. The Balaban J connectivity index is 1.69. The van der Waals surface area contributed by atoms with Gasteiger partial charge in [-0.1, -0.05) is 0 Å². The van der Waals surface area contributed by atoms with E-state index >= 15 is 0 Å². The van der Waals surface area contributed by atoms with Crippen molar-refractivity contribution >= 4 is 11.6 Å². The number of rotatable bonds is 2. The zero-order chi connectivity index (χ0) is 16.0. The van der Waals surface area contributed by atoms with Gasteiger partial charge in [-0.2, -0.15) is 25.0 Å². The number of hydrogen-bond acceptors (Lipinski definition) is 6. The summed E-state index contributed by atoms with van der Waals surface area (Å²) in [4.78, 5) is 11.0. The van der Waals surface area contributed by atoms with Crippen LogP contribution >= 0.6 is 0 Å². The third kappa shape index (κ3) is 2.12. The third-order valence-corrected chi connectivity index (χ3v) is 4.44. The maximum atomic E-state index is 8.95. The van der Waals surface area contributed by atoms with Crippen LogP contribution in [0.4, 0.5) is 5.82 Å². The van der Waals surface area contributed by atoms with Crippen molar-refractivity contribution in [2.24, 2.45) is 0 Å². The van der Waals surface area contributed by atoms with Crippen molar-refractivity contribution in [1.82, 2.24) is 29.4 Å². The second-order valence-electron chi connectivity index (χ2n) is 5.83. The molecule has 0 aromatic carbocycles. The Morgan fingerprint density at radius 3 is 2.96 bits per heavy atom. The number of hydrogen-bond donors (Lipinski definition) is 0. The Hall–Kier alpha value is -2.95. The van der Waals surface area contributed by atoms with Gasteiger partial charge in [0.25, 0.3) is 5.78 Å². The summed E-state index contributed by atoms with van der Waals surface area (Å²) in [5, 5.41) is 17.6. The predicted molar refractivity (Wildman–Crippen MR) is 83.1 cm³/mol. The van der Waals surface area contributed by atoms with Gasteiger partial charge in [0.1, 0.15) is 18.2 Å². The van der Waals surface area contributed by atoms with Crippen LogP contribution in [0, 0.1) is 25.2 Å². The second-order valence-corrected chi connectivity index (χ2v) is 5.83. The summed E-state index contributed by atoms with van der Waals surface area (Å²) in [7, 11) is 0. The average Bonchev–Trinajstić information content (AvgIpc) is 3.27. The number of anilines is 1. The molecule has 8 nitrogen and oxygen atoms in total. The Morgan fingerprint density at radius 1 is 1.30 bits per heavy atom. The van der Waals surface area contributed by atoms with Gasteiger partial charge < -0.3 is 4.90 Å². The SMILES string of the molecule is Cc1nc2ncnn2c(N2CCC(n3cc(C#N)cn3)C2)c1C. The van der Waals surface area contributed by atoms with Crippen LogP contribution in [0.3, 0.4) is 0 Å². The topological polar surface area (TPSA) is 87.9 Å². The van der Waals surface area contributed by atoms with Crippen molar-refractivity contribution in [3.63, 3.8) is 0 Å². The van der Waals surface area contributed by atoms with Crippen molar-refractivity contribution in [2.45, 2.75) is 26.3 Å². The molecule has 1 unspecified atom stereocenters. The fraction of sp³-hybridized carbons (Fsp3) is 0.400. The Morgan fingerprint density at radius 2 is 2.17 bits per heavy atom. The lowest BCUT2D eigenvalue weighted by Crippen LogP contribution is -2.25. The van der Waals surface area contributed by atoms with Gasteiger partial charge >= 0.3 is 0 Å². The van der Waals surface area contributed by atoms with Gasteiger partial charge in [0.15, 0.2) is 0 Å². The van der Waals surface area contributed by atoms with E-state index < -0.39 is 0 Å². The number of aromatic nitrogens is 6. The van der Waals surface area contributed by atoms with E-state index in [0.29, 0.717) is 11.3 Å². The van der Waals surface area contributed by atoms with Crippen molar-refractivity contribution in [1.29, 1.82) is 5.26 Å². The zero-order valence-corrected chi connectivity index (χ0v) is 13.0. The summed E-state index contributed by atoms with van der Waals surface area (Å²) < 4.78 is 3.69. The molecule has 1 atom stereocenters. The quantitative estimate of drug-likeness (QED) is 0.708. The zero-order valence-electron chi connectivity index (χ0n) is 13.0. The van der Waals surface area contributed by atoms with E-state index in [1.165, 1.54) is 6.33 Å². The Labute approximate surface area is 133 Å². The lowest BCUT2D eigenvalue weighted by Gasteiger charge is -2.22. The summed E-state index contributed by atoms with van der Waals surface area (Å²) in [6.45, 7) is 5.79. The van der Waals surface area contributed by atoms with Gasteiger partial charge in [-0.25, -0.2) is 4.98 Å². The molecule has 4 heterocycles. The molecule has 0 bridgehead atoms. The summed E-state index contributed by atoms with van der Waals surface area (Å²) in [5.41, 5.74) is 2.68. The summed E-state index contributed by atoms with van der Waals surface area (Å²) in [6.07, 6.45) is 5.93. The fourth-order valence-corrected chi connectivity index (χ4v) is 3.13. The molecule has 0 spiro atoms. The molecule has 116 valence electrons. The highest BCUT2D eigenvalue weighted by Crippen LogP contribution is 2.29. The van der Waals surface area contributed by atoms with E-state index in [-0.39, 0.29) is 6.04 Å². The first kappa shape index (κ1) is 13.7. The van der Waals surface area contributed by atoms with Crippen LogP contribution in [-0.4, -0.2) is 42.5 Å². The predicted octanol–water partition coefficient (Wildman–Crippen LogP) is 1.26. The van der Waals surface area contributed by atoms with Gasteiger partial charge in [0.2, 0.25) is 0 Å². The van der Waals surface area contributed by atoms with Crippen molar-refractivity contribution < 1.29 is 0 Å². The van der Waals surface area contributed by atoms with E-state index in [0.717, 1.165) is 36.6 Å². The lowest BCUT2D eigenvalue weighted by molar-refractivity contribution is 0.494. The molecule has 0 aliphatic carbocycles. The monoisotopic (exact) mass is 308 g/mol. The smallest absolute Gasteiger partial charge is 0.254 e. The Kier molecular flexibility index (Phi) is 3.01. The molecule has 1 aliphatic heterocycles. The van der Waals surface area contributed by atoms with E-state index in [2.05, 4.69) is 38.1 Å². The lowest BCUT2D eigenvalue weighted by atomic mass is 10.2. The maximum absolute atomic E-state index is 8.95. The average molecular weight is 308 g/mol. The molecular weight excluding hydrogens is 292 g/mol. The van der Waals surface area contributed by atoms with Gasteiger partial charge in [-0.15, -0.1) is 0 Å². The minimum atomic E-state index is 0.253. The van der Waals surface area contributed by atoms with Crippen LogP contribution in [0.2, 0.25) is 0 Å². The summed E-state index contributed by atoms with van der Waals surface area (Å²) >= 11 is 0. The van der Waals surface area contributed by atoms with Gasteiger partial charge in [-0.05, 0) is 20.3 Å². The van der Waals surface area contributed by atoms with Crippen LogP contribution in [0.1, 0.15) is 29.3 Å². The molecule has 0 amide bonds. The number of aryl methyl sites for hydroxylation is 1. The number of fused-ring (bicyclic) bond motifs is 1. The van der Waals surface area contributed by atoms with Crippen molar-refractivity contribution in [2.75, 3.05) is 18.0 Å². The molecule has 1 aliphatic rings. The van der Waals surface area contributed by atoms with E-state index in [4.69, 9.17) is 5.26 Å². The summed E-state index contributed by atoms with van der Waals surface area (Å²) in [6, 6.07) is 2.38. The molecule has 1 saturated heterocycles. The largest absolute Gasteiger partial charge is 0.354 e. The van der Waals surface area contributed by atoms with Crippen LogP contribution in [0.5, 0.6) is 0 Å². The number of nitriles is 1. The second kappa shape index (κ2) is 5.05. The van der Waals surface area contributed by atoms with Crippen molar-refractivity contribution in [3.05, 3.63) is 35.5 Å². The van der Waals surface area contributed by atoms with Gasteiger partial charge in [0, 0.05) is 30.5 Å². The molecular formula is C15H16N8. The molecule has 0 N–H and O–H groups in total. The van der Waals surface area contributed by atoms with E-state index in [1.54, 1.807) is 10.7 Å². The standard InChI is InChI=1S/C15H16N8/c1-10-11(2)20-15-17-9-19-23(15)14(10)21-4-3-13(8-21)22-7-12(5-16)6-18-22/h6-7,9,13H,3-4,8H2,1-2H3. The highest BCUT2D eigenvalue weighted by molar-refractivity contribution is 5.54. The van der Waals surface area contributed by atoms with E-state index in [9.17, 15) is 0 Å². The van der Waals surface area contributed by atoms with Gasteiger partial charge in [-0.3, -0.25) is 4.68 Å². The Bertz CT molecular complexity index is 915. The van der Waals surface area contributed by atoms with Crippen LogP contribution in [0.15, 0.2) is 18.7 Å². The first-order valence-electron chi connectivity index (χ1n) is 7.53. The molecule has 4 rings (SSSR count). The normalized spacial score (nSPS) is 17.8. The molecule has 0 saturated carbocycles. The first-order chi connectivity index (χ1) is 11.2. The van der Waals surface area contributed by atoms with Crippen molar-refractivity contribution in [3.8, 4) is 6.07 Å². The van der Waals surface area contributed by atoms with Crippen LogP contribution < -0.4 is 4.90 Å². The molecule has 0 radical (unpaired) electrons. The first-order valence-corrected chi connectivity index (χ1v) is 7.53.